The molecular formula is C18H19N5O3S2. The van der Waals surface area contributed by atoms with Crippen LogP contribution in [0.5, 0.6) is 0 Å². The molecule has 0 aromatic carbocycles. The van der Waals surface area contributed by atoms with Gasteiger partial charge in [-0.25, -0.2) is 4.68 Å². The number of aliphatic carboxylic acids is 1. The summed E-state index contributed by atoms with van der Waals surface area (Å²) in [6.07, 6.45) is 4.47. The number of thiazole rings is 1. The predicted molar refractivity (Wildman–Crippen MR) is 104 cm³/mol. The number of hydrogen-bond donors (Lipinski definition) is 1. The van der Waals surface area contributed by atoms with Gasteiger partial charge >= 0.3 is 5.97 Å². The molecule has 0 radical (unpaired) electrons. The molecule has 0 bridgehead atoms. The molecular weight excluding hydrogens is 398 g/mol. The Kier molecular flexibility index (Phi) is 5.23. The molecule has 1 fully saturated rings. The Morgan fingerprint density at radius 1 is 1.25 bits per heavy atom. The first-order chi connectivity index (χ1) is 13.6. The van der Waals surface area contributed by atoms with Crippen LogP contribution >= 0.6 is 22.7 Å². The molecule has 10 heteroatoms. The van der Waals surface area contributed by atoms with Gasteiger partial charge in [0.15, 0.2) is 0 Å². The lowest BCUT2D eigenvalue weighted by molar-refractivity contribution is -0.151. The minimum Gasteiger partial charge on any atom is -0.481 e. The van der Waals surface area contributed by atoms with Gasteiger partial charge in [-0.1, -0.05) is 11.3 Å². The third-order valence-corrected chi connectivity index (χ3v) is 6.73. The first-order valence-corrected chi connectivity index (χ1v) is 10.6. The van der Waals surface area contributed by atoms with E-state index in [-0.39, 0.29) is 5.91 Å². The molecule has 0 saturated carbocycles. The highest BCUT2D eigenvalue weighted by Gasteiger charge is 2.43. The number of hydrogen-bond acceptors (Lipinski definition) is 7. The van der Waals surface area contributed by atoms with Crippen LogP contribution in [0, 0.1) is 5.41 Å². The van der Waals surface area contributed by atoms with Gasteiger partial charge in [-0.3, -0.25) is 14.6 Å². The number of carbonyl (C=O) groups is 2. The number of rotatable bonds is 6. The van der Waals surface area contributed by atoms with Crippen LogP contribution in [-0.4, -0.2) is 55.0 Å². The Labute approximate surface area is 169 Å². The second kappa shape index (κ2) is 7.80. The number of likely N-dealkylation sites (tertiary alicyclic amines) is 1. The maximum Gasteiger partial charge on any atom is 0.310 e. The van der Waals surface area contributed by atoms with E-state index in [0.29, 0.717) is 49.5 Å². The average Bonchev–Trinajstić information content (AvgIpc) is 3.45. The SMILES string of the molecule is O=C(c1cncs1)N1CCC(Cc2cn(Cc3cccs3)nn2)(C(=O)O)CC1. The number of nitrogens with zero attached hydrogens (tertiary/aromatic N) is 5. The van der Waals surface area contributed by atoms with Crippen molar-refractivity contribution >= 4 is 34.6 Å². The number of carboxylic acids is 1. The highest BCUT2D eigenvalue weighted by Crippen LogP contribution is 2.35. The van der Waals surface area contributed by atoms with Crippen LogP contribution in [0.4, 0.5) is 0 Å². The third-order valence-electron chi connectivity index (χ3n) is 5.11. The number of piperidine rings is 1. The van der Waals surface area contributed by atoms with Crippen molar-refractivity contribution in [2.75, 3.05) is 13.1 Å². The van der Waals surface area contributed by atoms with Crippen molar-refractivity contribution in [3.63, 3.8) is 0 Å². The molecule has 1 aliphatic heterocycles. The summed E-state index contributed by atoms with van der Waals surface area (Å²) in [4.78, 5) is 32.0. The van der Waals surface area contributed by atoms with Gasteiger partial charge in [0.1, 0.15) is 4.88 Å². The van der Waals surface area contributed by atoms with Gasteiger partial charge in [0.25, 0.3) is 5.91 Å². The van der Waals surface area contributed by atoms with Crippen LogP contribution in [-0.2, 0) is 17.8 Å². The summed E-state index contributed by atoms with van der Waals surface area (Å²) >= 11 is 2.94. The van der Waals surface area contributed by atoms with Crippen molar-refractivity contribution in [1.82, 2.24) is 24.9 Å². The molecule has 3 aromatic heterocycles. The fourth-order valence-electron chi connectivity index (χ4n) is 3.49. The first-order valence-electron chi connectivity index (χ1n) is 8.88. The summed E-state index contributed by atoms with van der Waals surface area (Å²) < 4.78 is 1.74. The van der Waals surface area contributed by atoms with Crippen LogP contribution < -0.4 is 0 Å². The molecule has 3 aromatic rings. The smallest absolute Gasteiger partial charge is 0.310 e. The minimum absolute atomic E-state index is 0.0802. The summed E-state index contributed by atoms with van der Waals surface area (Å²) in [5, 5.41) is 20.2. The predicted octanol–water partition coefficient (Wildman–Crippen LogP) is 2.39. The molecule has 8 nitrogen and oxygen atoms in total. The van der Waals surface area contributed by atoms with Crippen molar-refractivity contribution in [3.05, 3.63) is 50.9 Å². The van der Waals surface area contributed by atoms with E-state index < -0.39 is 11.4 Å². The van der Waals surface area contributed by atoms with Crippen molar-refractivity contribution < 1.29 is 14.7 Å². The van der Waals surface area contributed by atoms with E-state index in [0.717, 1.165) is 0 Å². The standard InChI is InChI=1S/C18H19N5O3S2/c24-16(15-9-19-12-28-15)22-5-3-18(4-6-22,17(25)26)8-13-10-23(21-20-13)11-14-2-1-7-27-14/h1-2,7,9-10,12H,3-6,8,11H2,(H,25,26). The summed E-state index contributed by atoms with van der Waals surface area (Å²) in [6.45, 7) is 1.45. The van der Waals surface area contributed by atoms with Crippen LogP contribution in [0.3, 0.4) is 0 Å². The summed E-state index contributed by atoms with van der Waals surface area (Å²) in [7, 11) is 0. The fraction of sp³-hybridized carbons (Fsp3) is 0.389. The molecule has 1 aliphatic rings. The van der Waals surface area contributed by atoms with E-state index in [1.807, 2.05) is 23.7 Å². The number of amides is 1. The lowest BCUT2D eigenvalue weighted by Gasteiger charge is -2.38. The Balaban J connectivity index is 1.42. The van der Waals surface area contributed by atoms with Crippen LogP contribution in [0.15, 0.2) is 35.4 Å². The van der Waals surface area contributed by atoms with Gasteiger partial charge in [0.05, 0.1) is 29.4 Å². The van der Waals surface area contributed by atoms with Crippen LogP contribution in [0.1, 0.15) is 33.1 Å². The molecule has 4 heterocycles. The summed E-state index contributed by atoms with van der Waals surface area (Å²) in [5.74, 6) is -0.923. The van der Waals surface area contributed by atoms with E-state index in [1.165, 1.54) is 16.2 Å². The Morgan fingerprint density at radius 2 is 2.07 bits per heavy atom. The Hall–Kier alpha value is -2.59. The second-order valence-electron chi connectivity index (χ2n) is 6.91. The normalized spacial score (nSPS) is 16.2. The Bertz CT molecular complexity index is 944. The van der Waals surface area contributed by atoms with E-state index in [4.69, 9.17) is 0 Å². The molecule has 0 spiro atoms. The largest absolute Gasteiger partial charge is 0.481 e. The molecule has 1 amide bonds. The second-order valence-corrected chi connectivity index (χ2v) is 8.83. The fourth-order valence-corrected chi connectivity index (χ4v) is 4.77. The molecule has 1 saturated heterocycles. The lowest BCUT2D eigenvalue weighted by Crippen LogP contribution is -2.47. The summed E-state index contributed by atoms with van der Waals surface area (Å²) in [6, 6.07) is 4.01. The van der Waals surface area contributed by atoms with Crippen molar-refractivity contribution in [3.8, 4) is 0 Å². The average molecular weight is 418 g/mol. The van der Waals surface area contributed by atoms with E-state index in [1.54, 1.807) is 32.6 Å². The highest BCUT2D eigenvalue weighted by molar-refractivity contribution is 7.11. The zero-order chi connectivity index (χ0) is 19.6. The van der Waals surface area contributed by atoms with Gasteiger partial charge in [-0.05, 0) is 24.3 Å². The third kappa shape index (κ3) is 3.83. The van der Waals surface area contributed by atoms with E-state index >= 15 is 0 Å². The number of carboxylic acid groups (broad SMARTS) is 1. The number of aromatic nitrogens is 4. The van der Waals surface area contributed by atoms with E-state index in [9.17, 15) is 14.7 Å². The van der Waals surface area contributed by atoms with Crippen LogP contribution in [0.25, 0.3) is 0 Å². The van der Waals surface area contributed by atoms with E-state index in [2.05, 4.69) is 15.3 Å². The summed E-state index contributed by atoms with van der Waals surface area (Å²) in [5.41, 5.74) is 1.37. The van der Waals surface area contributed by atoms with Crippen molar-refractivity contribution in [1.29, 1.82) is 0 Å². The van der Waals surface area contributed by atoms with Gasteiger partial charge in [0.2, 0.25) is 0 Å². The topological polar surface area (TPSA) is 101 Å². The monoisotopic (exact) mass is 417 g/mol. The zero-order valence-corrected chi connectivity index (χ0v) is 16.7. The van der Waals surface area contributed by atoms with Crippen molar-refractivity contribution in [2.24, 2.45) is 5.41 Å². The molecule has 0 aliphatic carbocycles. The molecule has 146 valence electrons. The lowest BCUT2D eigenvalue weighted by atomic mass is 9.75. The zero-order valence-electron chi connectivity index (χ0n) is 15.0. The van der Waals surface area contributed by atoms with Gasteiger partial charge in [-0.2, -0.15) is 0 Å². The Morgan fingerprint density at radius 3 is 2.71 bits per heavy atom. The van der Waals surface area contributed by atoms with Crippen molar-refractivity contribution in [2.45, 2.75) is 25.8 Å². The number of carbonyl (C=O) groups excluding carboxylic acids is 1. The van der Waals surface area contributed by atoms with Gasteiger partial charge in [0, 0.05) is 30.6 Å². The minimum atomic E-state index is -0.922. The first kappa shape index (κ1) is 18.8. The molecule has 4 rings (SSSR count). The van der Waals surface area contributed by atoms with Gasteiger partial charge < -0.3 is 10.0 Å². The highest BCUT2D eigenvalue weighted by atomic mass is 32.1. The molecule has 28 heavy (non-hydrogen) atoms. The van der Waals surface area contributed by atoms with Crippen LogP contribution in [0.2, 0.25) is 0 Å². The quantitative estimate of drug-likeness (QED) is 0.661. The maximum atomic E-state index is 12.5. The maximum absolute atomic E-state index is 12.5. The molecule has 0 unspecified atom stereocenters. The molecule has 1 N–H and O–H groups in total. The van der Waals surface area contributed by atoms with Gasteiger partial charge in [-0.15, -0.1) is 27.8 Å². The molecule has 0 atom stereocenters. The number of thiophene rings is 1.